The van der Waals surface area contributed by atoms with Crippen molar-refractivity contribution in [1.82, 2.24) is 0 Å². The van der Waals surface area contributed by atoms with Crippen molar-refractivity contribution in [3.63, 3.8) is 0 Å². The molecule has 0 saturated heterocycles. The third kappa shape index (κ3) is 3.04. The summed E-state index contributed by atoms with van der Waals surface area (Å²) < 4.78 is 1.28. The Balaban J connectivity index is 0. The Hall–Kier alpha value is 0.466. The fraction of sp³-hybridized carbons (Fsp3) is 1.00. The third-order valence-corrected chi connectivity index (χ3v) is 2.68. The molecule has 0 aliphatic heterocycles. The van der Waals surface area contributed by atoms with Crippen molar-refractivity contribution in [3.05, 3.63) is 0 Å². The molecule has 0 N–H and O–H groups in total. The summed E-state index contributed by atoms with van der Waals surface area (Å²) in [6.07, 6.45) is 0. The molecule has 0 heterocycles. The van der Waals surface area contributed by atoms with E-state index in [9.17, 15) is 0 Å². The van der Waals surface area contributed by atoms with Gasteiger partial charge in [0.1, 0.15) is 0 Å². The molecule has 0 aromatic rings. The van der Waals surface area contributed by atoms with Gasteiger partial charge in [0, 0.05) is 0 Å². The van der Waals surface area contributed by atoms with E-state index in [0.29, 0.717) is 0 Å². The zero-order chi connectivity index (χ0) is 7.33. The molecule has 0 atom stereocenters. The molecular weight excluding hydrogens is 169 g/mol. The van der Waals surface area contributed by atoms with Crippen LogP contribution in [0.5, 0.6) is 0 Å². The Kier molecular flexibility index (Phi) is 8.11. The van der Waals surface area contributed by atoms with E-state index in [2.05, 4.69) is 27.7 Å². The van der Waals surface area contributed by atoms with Crippen LogP contribution in [0.3, 0.4) is 0 Å². The molecule has 1 nitrogen and oxygen atoms in total. The van der Waals surface area contributed by atoms with Crippen molar-refractivity contribution in [2.45, 2.75) is 27.7 Å². The number of hydrogen-bond acceptors (Lipinski definition) is 0. The van der Waals surface area contributed by atoms with Crippen LogP contribution in [0, 0.1) is 0 Å². The Morgan fingerprint density at radius 2 is 0.900 bits per heavy atom. The molecular formula is C8H20CoN+3. The summed E-state index contributed by atoms with van der Waals surface area (Å²) >= 11 is 0. The molecule has 1 radical (unpaired) electrons. The summed E-state index contributed by atoms with van der Waals surface area (Å²) in [5, 5.41) is 0. The molecule has 2 heteroatoms. The summed E-state index contributed by atoms with van der Waals surface area (Å²) in [6.45, 7) is 14.2. The van der Waals surface area contributed by atoms with Gasteiger partial charge in [-0.05, 0) is 27.7 Å². The van der Waals surface area contributed by atoms with Gasteiger partial charge in [0.05, 0.1) is 26.2 Å². The van der Waals surface area contributed by atoms with Crippen LogP contribution < -0.4 is 0 Å². The predicted molar refractivity (Wildman–Crippen MR) is 42.4 cm³/mol. The average Bonchev–Trinajstić information content (AvgIpc) is 1.95. The minimum absolute atomic E-state index is 0. The average molecular weight is 189 g/mol. The fourth-order valence-corrected chi connectivity index (χ4v) is 1.34. The number of quaternary nitrogens is 1. The molecule has 0 saturated carbocycles. The van der Waals surface area contributed by atoms with Crippen molar-refractivity contribution in [2.24, 2.45) is 0 Å². The van der Waals surface area contributed by atoms with Gasteiger partial charge >= 0.3 is 16.8 Å². The molecule has 0 spiro atoms. The largest absolute Gasteiger partial charge is 2.00 e. The summed E-state index contributed by atoms with van der Waals surface area (Å²) in [4.78, 5) is 0. The minimum atomic E-state index is 0. The maximum Gasteiger partial charge on any atom is 2.00 e. The molecule has 0 aromatic heterocycles. The second-order valence-corrected chi connectivity index (χ2v) is 2.61. The molecule has 0 bridgehead atoms. The van der Waals surface area contributed by atoms with Gasteiger partial charge in [0.25, 0.3) is 0 Å². The van der Waals surface area contributed by atoms with Crippen LogP contribution >= 0.6 is 0 Å². The van der Waals surface area contributed by atoms with Crippen LogP contribution in [0.2, 0.25) is 0 Å². The Morgan fingerprint density at radius 1 is 0.700 bits per heavy atom. The Labute approximate surface area is 75.6 Å². The summed E-state index contributed by atoms with van der Waals surface area (Å²) in [6, 6.07) is 0. The van der Waals surface area contributed by atoms with Crippen molar-refractivity contribution in [2.75, 3.05) is 26.2 Å². The van der Waals surface area contributed by atoms with Crippen LogP contribution in [-0.4, -0.2) is 30.7 Å². The molecule has 0 amide bonds. The Bertz CT molecular complexity index is 52.1. The summed E-state index contributed by atoms with van der Waals surface area (Å²) in [7, 11) is 0. The maximum absolute atomic E-state index is 2.27. The Morgan fingerprint density at radius 3 is 0.900 bits per heavy atom. The van der Waals surface area contributed by atoms with Crippen LogP contribution in [0.4, 0.5) is 0 Å². The molecule has 0 aromatic carbocycles. The summed E-state index contributed by atoms with van der Waals surface area (Å²) in [5.74, 6) is 0. The monoisotopic (exact) mass is 189 g/mol. The van der Waals surface area contributed by atoms with E-state index < -0.39 is 0 Å². The van der Waals surface area contributed by atoms with E-state index in [-0.39, 0.29) is 16.8 Å². The van der Waals surface area contributed by atoms with E-state index >= 15 is 0 Å². The second-order valence-electron chi connectivity index (χ2n) is 2.61. The zero-order valence-electron chi connectivity index (χ0n) is 7.61. The first-order chi connectivity index (χ1) is 4.24. The molecule has 0 aliphatic rings. The van der Waals surface area contributed by atoms with E-state index in [1.807, 2.05) is 0 Å². The van der Waals surface area contributed by atoms with E-state index in [1.54, 1.807) is 0 Å². The predicted octanol–water partition coefficient (Wildman–Crippen LogP) is 1.88. The number of nitrogens with zero attached hydrogens (tertiary/aromatic N) is 1. The first-order valence-corrected chi connectivity index (χ1v) is 4.09. The van der Waals surface area contributed by atoms with E-state index in [0.717, 1.165) is 0 Å². The quantitative estimate of drug-likeness (QED) is 0.592. The molecule has 0 unspecified atom stereocenters. The van der Waals surface area contributed by atoms with Crippen LogP contribution in [0.1, 0.15) is 27.7 Å². The molecule has 10 heavy (non-hydrogen) atoms. The maximum atomic E-state index is 2.27. The minimum Gasteiger partial charge on any atom is -0.325 e. The summed E-state index contributed by atoms with van der Waals surface area (Å²) in [5.41, 5.74) is 0. The SMILES string of the molecule is CC[N+](CC)(CC)CC.[Co+2]. The topological polar surface area (TPSA) is 0 Å². The molecule has 0 rings (SSSR count). The van der Waals surface area contributed by atoms with Gasteiger partial charge in [-0.3, -0.25) is 0 Å². The smallest absolute Gasteiger partial charge is 0.325 e. The standard InChI is InChI=1S/C8H20N.Co/c1-5-9(6-2,7-3)8-4;/h5-8H2,1-4H3;/q+1;+2. The number of hydrogen-bond donors (Lipinski definition) is 0. The van der Waals surface area contributed by atoms with E-state index in [4.69, 9.17) is 0 Å². The fourth-order valence-electron chi connectivity index (χ4n) is 1.34. The van der Waals surface area contributed by atoms with Crippen molar-refractivity contribution in [3.8, 4) is 0 Å². The first-order valence-electron chi connectivity index (χ1n) is 4.09. The molecule has 63 valence electrons. The van der Waals surface area contributed by atoms with Gasteiger partial charge in [0.15, 0.2) is 0 Å². The van der Waals surface area contributed by atoms with E-state index in [1.165, 1.54) is 30.7 Å². The number of rotatable bonds is 4. The van der Waals surface area contributed by atoms with Gasteiger partial charge in [-0.25, -0.2) is 0 Å². The van der Waals surface area contributed by atoms with Crippen molar-refractivity contribution >= 4 is 0 Å². The van der Waals surface area contributed by atoms with Gasteiger partial charge in [-0.2, -0.15) is 0 Å². The van der Waals surface area contributed by atoms with Gasteiger partial charge in [-0.15, -0.1) is 0 Å². The van der Waals surface area contributed by atoms with Crippen LogP contribution in [0.25, 0.3) is 0 Å². The zero-order valence-corrected chi connectivity index (χ0v) is 8.65. The van der Waals surface area contributed by atoms with Crippen molar-refractivity contribution < 1.29 is 21.3 Å². The first kappa shape index (κ1) is 13.1. The van der Waals surface area contributed by atoms with Crippen molar-refractivity contribution in [1.29, 1.82) is 0 Å². The second kappa shape index (κ2) is 6.19. The van der Waals surface area contributed by atoms with Crippen LogP contribution in [0.15, 0.2) is 0 Å². The third-order valence-electron chi connectivity index (χ3n) is 2.68. The van der Waals surface area contributed by atoms with Gasteiger partial charge in [0.2, 0.25) is 0 Å². The molecule has 0 aliphatic carbocycles. The van der Waals surface area contributed by atoms with Gasteiger partial charge in [-0.1, -0.05) is 0 Å². The normalized spacial score (nSPS) is 10.8. The van der Waals surface area contributed by atoms with Gasteiger partial charge < -0.3 is 4.48 Å². The van der Waals surface area contributed by atoms with Crippen LogP contribution in [-0.2, 0) is 16.8 Å². The molecule has 0 fully saturated rings.